The third-order valence-corrected chi connectivity index (χ3v) is 0.519. The molecule has 0 saturated heterocycles. The van der Waals surface area contributed by atoms with E-state index in [-0.39, 0.29) is 6.42 Å². The van der Waals surface area contributed by atoms with E-state index in [0.717, 1.165) is 0 Å². The zero-order chi connectivity index (χ0) is 5.70. The molecule has 0 aromatic heterocycles. The molecule has 1 unspecified atom stereocenters. The van der Waals surface area contributed by atoms with Crippen LogP contribution in [0.25, 0.3) is 0 Å². The number of hydrogen-bond acceptors (Lipinski definition) is 1. The van der Waals surface area contributed by atoms with Crippen molar-refractivity contribution in [3.8, 4) is 0 Å². The van der Waals surface area contributed by atoms with Crippen molar-refractivity contribution < 1.29 is 13.6 Å². The summed E-state index contributed by atoms with van der Waals surface area (Å²) in [6.07, 6.45) is -1.54. The van der Waals surface area contributed by atoms with Crippen molar-refractivity contribution in [3.05, 3.63) is 0 Å². The summed E-state index contributed by atoms with van der Waals surface area (Å²) in [5.41, 5.74) is 0. The van der Waals surface area contributed by atoms with Crippen molar-refractivity contribution in [2.75, 3.05) is 6.67 Å². The quantitative estimate of drug-likeness (QED) is 0.490. The van der Waals surface area contributed by atoms with Crippen LogP contribution in [0.4, 0.5) is 8.78 Å². The van der Waals surface area contributed by atoms with Crippen LogP contribution in [0.3, 0.4) is 0 Å². The van der Waals surface area contributed by atoms with E-state index < -0.39 is 12.8 Å². The number of halogens is 2. The minimum Gasteiger partial charge on any atom is -0.303 e. The Kier molecular flexibility index (Phi) is 3.46. The number of hydrogen-bond donors (Lipinski definition) is 0. The van der Waals surface area contributed by atoms with E-state index in [0.29, 0.717) is 6.29 Å². The van der Waals surface area contributed by atoms with E-state index in [1.54, 1.807) is 0 Å². The Bertz CT molecular complexity index is 55.7. The SMILES string of the molecule is O=CCC(F)CF. The Morgan fingerprint density at radius 3 is 2.43 bits per heavy atom. The molecule has 0 rings (SSSR count). The van der Waals surface area contributed by atoms with Gasteiger partial charge in [0.1, 0.15) is 19.1 Å². The summed E-state index contributed by atoms with van der Waals surface area (Å²) in [7, 11) is 0. The van der Waals surface area contributed by atoms with E-state index in [1.807, 2.05) is 0 Å². The molecule has 0 aromatic rings. The number of rotatable bonds is 3. The maximum Gasteiger partial charge on any atom is 0.135 e. The van der Waals surface area contributed by atoms with Gasteiger partial charge in [-0.3, -0.25) is 0 Å². The lowest BCUT2D eigenvalue weighted by molar-refractivity contribution is -0.108. The lowest BCUT2D eigenvalue weighted by Gasteiger charge is -1.90. The molecule has 0 aliphatic carbocycles. The summed E-state index contributed by atoms with van der Waals surface area (Å²) in [4.78, 5) is 9.37. The molecule has 0 heterocycles. The van der Waals surface area contributed by atoms with Gasteiger partial charge in [-0.05, 0) is 0 Å². The molecule has 42 valence electrons. The topological polar surface area (TPSA) is 17.1 Å². The van der Waals surface area contributed by atoms with E-state index in [4.69, 9.17) is 0 Å². The molecular formula is C4H6F2O. The van der Waals surface area contributed by atoms with Gasteiger partial charge < -0.3 is 4.79 Å². The molecule has 7 heavy (non-hydrogen) atoms. The molecule has 0 aliphatic heterocycles. The third kappa shape index (κ3) is 3.36. The molecular weight excluding hydrogens is 102 g/mol. The van der Waals surface area contributed by atoms with Crippen LogP contribution in [0.5, 0.6) is 0 Å². The highest BCUT2D eigenvalue weighted by atomic mass is 19.2. The van der Waals surface area contributed by atoms with Crippen LogP contribution in [-0.4, -0.2) is 19.1 Å². The maximum atomic E-state index is 11.5. The molecule has 3 heteroatoms. The highest BCUT2D eigenvalue weighted by Gasteiger charge is 2.01. The van der Waals surface area contributed by atoms with Gasteiger partial charge in [0.05, 0.1) is 0 Å². The van der Waals surface area contributed by atoms with Crippen molar-refractivity contribution in [2.24, 2.45) is 0 Å². The van der Waals surface area contributed by atoms with Gasteiger partial charge in [0.15, 0.2) is 0 Å². The summed E-state index contributed by atoms with van der Waals surface area (Å²) >= 11 is 0. The van der Waals surface area contributed by atoms with Crippen LogP contribution in [0.1, 0.15) is 6.42 Å². The summed E-state index contributed by atoms with van der Waals surface area (Å²) in [6.45, 7) is -1.06. The Morgan fingerprint density at radius 2 is 2.29 bits per heavy atom. The first-order chi connectivity index (χ1) is 3.31. The molecule has 1 atom stereocenters. The molecule has 0 saturated carbocycles. The van der Waals surface area contributed by atoms with Crippen molar-refractivity contribution in [3.63, 3.8) is 0 Å². The average molecular weight is 108 g/mol. The molecule has 0 N–H and O–H groups in total. The van der Waals surface area contributed by atoms with Gasteiger partial charge >= 0.3 is 0 Å². The first-order valence-electron chi connectivity index (χ1n) is 1.95. The average Bonchev–Trinajstić information content (AvgIpc) is 1.68. The van der Waals surface area contributed by atoms with Crippen molar-refractivity contribution in [2.45, 2.75) is 12.6 Å². The van der Waals surface area contributed by atoms with Gasteiger partial charge in [-0.2, -0.15) is 0 Å². The summed E-state index contributed by atoms with van der Waals surface area (Å²) < 4.78 is 22.6. The Balaban J connectivity index is 2.98. The normalized spacial score (nSPS) is 13.4. The lowest BCUT2D eigenvalue weighted by Crippen LogP contribution is -2.01. The van der Waals surface area contributed by atoms with Crippen LogP contribution in [0.2, 0.25) is 0 Å². The second kappa shape index (κ2) is 3.71. The second-order valence-corrected chi connectivity index (χ2v) is 1.15. The molecule has 0 fully saturated rings. The molecule has 0 radical (unpaired) electrons. The van der Waals surface area contributed by atoms with Gasteiger partial charge in [0.2, 0.25) is 0 Å². The van der Waals surface area contributed by atoms with E-state index in [1.165, 1.54) is 0 Å². The number of carbonyl (C=O) groups is 1. The Hall–Kier alpha value is -0.470. The lowest BCUT2D eigenvalue weighted by atomic mass is 10.3. The monoisotopic (exact) mass is 108 g/mol. The van der Waals surface area contributed by atoms with Gasteiger partial charge in [0.25, 0.3) is 0 Å². The largest absolute Gasteiger partial charge is 0.303 e. The highest BCUT2D eigenvalue weighted by Crippen LogP contribution is 1.93. The smallest absolute Gasteiger partial charge is 0.135 e. The molecule has 0 aromatic carbocycles. The van der Waals surface area contributed by atoms with Gasteiger partial charge in [-0.1, -0.05) is 0 Å². The molecule has 0 amide bonds. The predicted octanol–water partition coefficient (Wildman–Crippen LogP) is 0.883. The van der Waals surface area contributed by atoms with Crippen LogP contribution < -0.4 is 0 Å². The third-order valence-electron chi connectivity index (χ3n) is 0.519. The zero-order valence-electron chi connectivity index (χ0n) is 3.73. The fourth-order valence-corrected chi connectivity index (χ4v) is 0.167. The predicted molar refractivity (Wildman–Crippen MR) is 21.6 cm³/mol. The summed E-state index contributed by atoms with van der Waals surface area (Å²) in [6, 6.07) is 0. The molecule has 0 bridgehead atoms. The van der Waals surface area contributed by atoms with Gasteiger partial charge in [-0.25, -0.2) is 8.78 Å². The van der Waals surface area contributed by atoms with E-state index >= 15 is 0 Å². The number of aldehydes is 1. The van der Waals surface area contributed by atoms with Crippen LogP contribution in [0.15, 0.2) is 0 Å². The van der Waals surface area contributed by atoms with E-state index in [2.05, 4.69) is 0 Å². The van der Waals surface area contributed by atoms with Gasteiger partial charge in [-0.15, -0.1) is 0 Å². The highest BCUT2D eigenvalue weighted by molar-refractivity contribution is 5.50. The second-order valence-electron chi connectivity index (χ2n) is 1.15. The minimum atomic E-state index is -1.59. The van der Waals surface area contributed by atoms with Crippen LogP contribution >= 0.6 is 0 Å². The Morgan fingerprint density at radius 1 is 1.71 bits per heavy atom. The van der Waals surface area contributed by atoms with Crippen molar-refractivity contribution >= 4 is 6.29 Å². The summed E-state index contributed by atoms with van der Waals surface area (Å²) in [5, 5.41) is 0. The standard InChI is InChI=1S/C4H6F2O/c5-3-4(6)1-2-7/h2,4H,1,3H2. The molecule has 1 nitrogen and oxygen atoms in total. The molecule has 0 spiro atoms. The first-order valence-corrected chi connectivity index (χ1v) is 1.95. The maximum absolute atomic E-state index is 11.5. The number of alkyl halides is 2. The fraction of sp³-hybridized carbons (Fsp3) is 0.750. The summed E-state index contributed by atoms with van der Waals surface area (Å²) in [5.74, 6) is 0. The first kappa shape index (κ1) is 6.53. The van der Waals surface area contributed by atoms with E-state index in [9.17, 15) is 13.6 Å². The van der Waals surface area contributed by atoms with Gasteiger partial charge in [0, 0.05) is 6.42 Å². The van der Waals surface area contributed by atoms with Crippen LogP contribution in [-0.2, 0) is 4.79 Å². The molecule has 0 aliphatic rings. The van der Waals surface area contributed by atoms with Crippen molar-refractivity contribution in [1.82, 2.24) is 0 Å². The fourth-order valence-electron chi connectivity index (χ4n) is 0.167. The number of carbonyl (C=O) groups excluding carboxylic acids is 1. The Labute approximate surface area is 40.3 Å². The zero-order valence-corrected chi connectivity index (χ0v) is 3.73. The van der Waals surface area contributed by atoms with Crippen LogP contribution in [0, 0.1) is 0 Å². The van der Waals surface area contributed by atoms with Crippen molar-refractivity contribution in [1.29, 1.82) is 0 Å². The minimum absolute atomic E-state index is 0.323.